The number of alkyl halides is 1. The van der Waals surface area contributed by atoms with Gasteiger partial charge in [-0.3, -0.25) is 4.98 Å². The predicted molar refractivity (Wildman–Crippen MR) is 78.5 cm³/mol. The van der Waals surface area contributed by atoms with Crippen molar-refractivity contribution in [3.63, 3.8) is 0 Å². The summed E-state index contributed by atoms with van der Waals surface area (Å²) in [4.78, 5) is 4.19. The Balaban J connectivity index is 1.97. The lowest BCUT2D eigenvalue weighted by Crippen LogP contribution is -2.24. The highest BCUT2D eigenvalue weighted by atomic mass is 35.5. The molecule has 0 radical (unpaired) electrons. The van der Waals surface area contributed by atoms with Crippen LogP contribution in [-0.4, -0.2) is 17.0 Å². The first-order valence-corrected chi connectivity index (χ1v) is 7.48. The summed E-state index contributed by atoms with van der Waals surface area (Å²) in [5, 5.41) is 0. The molecule has 0 saturated heterocycles. The number of ether oxygens (including phenoxy) is 1. The van der Waals surface area contributed by atoms with Crippen LogP contribution in [0.2, 0.25) is 0 Å². The van der Waals surface area contributed by atoms with Gasteiger partial charge in [-0.2, -0.15) is 0 Å². The zero-order valence-electron chi connectivity index (χ0n) is 11.4. The Morgan fingerprint density at radius 3 is 3.11 bits per heavy atom. The molecule has 0 amide bonds. The maximum Gasteiger partial charge on any atom is 0.139 e. The summed E-state index contributed by atoms with van der Waals surface area (Å²) in [7, 11) is 0. The van der Waals surface area contributed by atoms with Crippen LogP contribution in [0, 0.1) is 17.8 Å². The second kappa shape index (κ2) is 7.40. The lowest BCUT2D eigenvalue weighted by molar-refractivity contribution is 0.129. The van der Waals surface area contributed by atoms with Gasteiger partial charge in [-0.05, 0) is 31.2 Å². The molecule has 1 aromatic rings. The maximum atomic E-state index is 6.02. The Morgan fingerprint density at radius 2 is 2.32 bits per heavy atom. The van der Waals surface area contributed by atoms with E-state index < -0.39 is 0 Å². The number of nitrogens with zero attached hydrogens (tertiary/aromatic N) is 1. The van der Waals surface area contributed by atoms with Gasteiger partial charge in [-0.15, -0.1) is 11.6 Å². The van der Waals surface area contributed by atoms with E-state index in [0.717, 1.165) is 30.1 Å². The van der Waals surface area contributed by atoms with Gasteiger partial charge in [0.2, 0.25) is 0 Å². The summed E-state index contributed by atoms with van der Waals surface area (Å²) in [6.07, 6.45) is 9.43. The predicted octanol–water partition coefficient (Wildman–Crippen LogP) is 4.02. The minimum Gasteiger partial charge on any atom is -0.489 e. The summed E-state index contributed by atoms with van der Waals surface area (Å²) in [5.41, 5.74) is 0.895. The highest BCUT2D eigenvalue weighted by molar-refractivity contribution is 6.18. The molecule has 19 heavy (non-hydrogen) atoms. The Hall–Kier alpha value is -1.20. The summed E-state index contributed by atoms with van der Waals surface area (Å²) in [6.45, 7) is 2.29. The number of hydrogen-bond acceptors (Lipinski definition) is 2. The van der Waals surface area contributed by atoms with Crippen LogP contribution < -0.4 is 4.74 Å². The maximum absolute atomic E-state index is 6.02. The second-order valence-electron chi connectivity index (χ2n) is 5.16. The van der Waals surface area contributed by atoms with Crippen LogP contribution in [0.15, 0.2) is 18.5 Å². The van der Waals surface area contributed by atoms with E-state index in [1.54, 1.807) is 12.4 Å². The molecule has 0 aliphatic heterocycles. The third-order valence-electron chi connectivity index (χ3n) is 3.36. The standard InChI is InChI=1S/C16H20ClNO/c1-13-5-4-7-15(9-13)19-16-10-14(11-18-12-16)6-2-3-8-17/h10-13,15H,3-5,7-9H2,1H3. The van der Waals surface area contributed by atoms with Gasteiger partial charge in [-0.25, -0.2) is 0 Å². The summed E-state index contributed by atoms with van der Waals surface area (Å²) in [5.74, 6) is 8.23. The summed E-state index contributed by atoms with van der Waals surface area (Å²) < 4.78 is 6.02. The van der Waals surface area contributed by atoms with Gasteiger partial charge in [0.25, 0.3) is 0 Å². The fourth-order valence-corrected chi connectivity index (χ4v) is 2.54. The quantitative estimate of drug-likeness (QED) is 0.615. The van der Waals surface area contributed by atoms with Crippen molar-refractivity contribution in [1.82, 2.24) is 4.98 Å². The van der Waals surface area contributed by atoms with E-state index in [2.05, 4.69) is 23.7 Å². The van der Waals surface area contributed by atoms with Crippen LogP contribution in [0.1, 0.15) is 44.6 Å². The van der Waals surface area contributed by atoms with E-state index in [4.69, 9.17) is 16.3 Å². The van der Waals surface area contributed by atoms with Crippen molar-refractivity contribution in [1.29, 1.82) is 0 Å². The molecule has 0 aromatic carbocycles. The first-order valence-electron chi connectivity index (χ1n) is 6.94. The van der Waals surface area contributed by atoms with E-state index in [9.17, 15) is 0 Å². The van der Waals surface area contributed by atoms with Crippen molar-refractivity contribution in [3.8, 4) is 17.6 Å². The lowest BCUT2D eigenvalue weighted by Gasteiger charge is -2.27. The molecule has 102 valence electrons. The molecule has 3 heteroatoms. The van der Waals surface area contributed by atoms with Gasteiger partial charge in [0, 0.05) is 24.1 Å². The molecule has 2 nitrogen and oxygen atoms in total. The van der Waals surface area contributed by atoms with Crippen molar-refractivity contribution < 1.29 is 4.74 Å². The highest BCUT2D eigenvalue weighted by Gasteiger charge is 2.20. The van der Waals surface area contributed by atoms with Crippen LogP contribution >= 0.6 is 11.6 Å². The summed E-state index contributed by atoms with van der Waals surface area (Å²) >= 11 is 5.60. The number of pyridine rings is 1. The van der Waals surface area contributed by atoms with Crippen LogP contribution in [0.3, 0.4) is 0 Å². The number of halogens is 1. The van der Waals surface area contributed by atoms with Gasteiger partial charge in [0.1, 0.15) is 5.75 Å². The Kier molecular flexibility index (Phi) is 5.54. The molecule has 0 N–H and O–H groups in total. The van der Waals surface area contributed by atoms with Crippen molar-refractivity contribution in [2.24, 2.45) is 5.92 Å². The van der Waals surface area contributed by atoms with Gasteiger partial charge in [0.15, 0.2) is 0 Å². The Bertz CT molecular complexity index is 463. The first-order chi connectivity index (χ1) is 9.28. The normalized spacial score (nSPS) is 22.4. The number of hydrogen-bond donors (Lipinski definition) is 0. The average molecular weight is 278 g/mol. The smallest absolute Gasteiger partial charge is 0.139 e. The zero-order valence-corrected chi connectivity index (χ0v) is 12.1. The Labute approximate surface area is 120 Å². The lowest BCUT2D eigenvalue weighted by atomic mass is 9.89. The molecule has 1 aliphatic carbocycles. The molecule has 1 fully saturated rings. The van der Waals surface area contributed by atoms with Crippen LogP contribution in [0.5, 0.6) is 5.75 Å². The number of aromatic nitrogens is 1. The third kappa shape index (κ3) is 4.76. The van der Waals surface area contributed by atoms with Crippen molar-refractivity contribution >= 4 is 11.6 Å². The zero-order chi connectivity index (χ0) is 13.5. The van der Waals surface area contributed by atoms with E-state index in [-0.39, 0.29) is 0 Å². The van der Waals surface area contributed by atoms with E-state index in [0.29, 0.717) is 18.4 Å². The topological polar surface area (TPSA) is 22.1 Å². The fraction of sp³-hybridized carbons (Fsp3) is 0.562. The molecule has 2 unspecified atom stereocenters. The largest absolute Gasteiger partial charge is 0.489 e. The minimum absolute atomic E-state index is 0.330. The van der Waals surface area contributed by atoms with E-state index in [1.165, 1.54) is 12.8 Å². The highest BCUT2D eigenvalue weighted by Crippen LogP contribution is 2.27. The fourth-order valence-electron chi connectivity index (χ4n) is 2.44. The molecule has 1 aliphatic rings. The monoisotopic (exact) mass is 277 g/mol. The SMILES string of the molecule is CC1CCCC(Oc2cncc(C#CCCCl)c2)C1. The third-order valence-corrected chi connectivity index (χ3v) is 3.55. The Morgan fingerprint density at radius 1 is 1.42 bits per heavy atom. The molecular formula is C16H20ClNO. The summed E-state index contributed by atoms with van der Waals surface area (Å²) in [6, 6.07) is 1.97. The van der Waals surface area contributed by atoms with E-state index in [1.807, 2.05) is 6.07 Å². The second-order valence-corrected chi connectivity index (χ2v) is 5.54. The molecule has 2 atom stereocenters. The molecule has 1 saturated carbocycles. The van der Waals surface area contributed by atoms with Crippen molar-refractivity contribution in [2.45, 2.75) is 45.1 Å². The first kappa shape index (κ1) is 14.2. The van der Waals surface area contributed by atoms with Gasteiger partial charge in [0.05, 0.1) is 12.3 Å². The molecule has 2 rings (SSSR count). The van der Waals surface area contributed by atoms with Crippen molar-refractivity contribution in [3.05, 3.63) is 24.0 Å². The molecule has 1 heterocycles. The number of rotatable bonds is 3. The van der Waals surface area contributed by atoms with E-state index >= 15 is 0 Å². The molecule has 0 bridgehead atoms. The van der Waals surface area contributed by atoms with Gasteiger partial charge >= 0.3 is 0 Å². The van der Waals surface area contributed by atoms with Crippen LogP contribution in [0.25, 0.3) is 0 Å². The molecular weight excluding hydrogens is 258 g/mol. The van der Waals surface area contributed by atoms with Crippen LogP contribution in [0.4, 0.5) is 0 Å². The average Bonchev–Trinajstić information content (AvgIpc) is 2.39. The molecule has 0 spiro atoms. The molecule has 1 aromatic heterocycles. The minimum atomic E-state index is 0.330. The van der Waals surface area contributed by atoms with Crippen LogP contribution in [-0.2, 0) is 0 Å². The van der Waals surface area contributed by atoms with Gasteiger partial charge in [-0.1, -0.05) is 25.2 Å². The van der Waals surface area contributed by atoms with Gasteiger partial charge < -0.3 is 4.74 Å². The van der Waals surface area contributed by atoms with Crippen molar-refractivity contribution in [2.75, 3.05) is 5.88 Å².